The molecule has 0 spiro atoms. The molecule has 0 fully saturated rings. The van der Waals surface area contributed by atoms with Crippen LogP contribution in [0, 0.1) is 0 Å². The van der Waals surface area contributed by atoms with E-state index < -0.39 is 20.2 Å². The zero-order chi connectivity index (χ0) is 24.3. The van der Waals surface area contributed by atoms with Crippen LogP contribution in [-0.2, 0) is 20.2 Å². The topological polar surface area (TPSA) is 114 Å². The maximum Gasteiger partial charge on any atom is 2.00 e. The van der Waals surface area contributed by atoms with Crippen molar-refractivity contribution in [2.45, 2.75) is 87.8 Å². The van der Waals surface area contributed by atoms with Crippen molar-refractivity contribution in [2.75, 3.05) is 0 Å². The standard InChI is InChI=1S/C12H26.2C6H6O3S.Ca/c1-3-5-7-9-11-12-10-8-6-4-2;2*7-10(8,9)6-4-2-1-3-5-6;/h3-12H2,1-2H3;2*1-5H,(H,7,8,9);/q;;;+2/p-2. The van der Waals surface area contributed by atoms with Crippen molar-refractivity contribution < 1.29 is 25.9 Å². The second kappa shape index (κ2) is 20.9. The van der Waals surface area contributed by atoms with E-state index in [1.807, 2.05) is 0 Å². The third kappa shape index (κ3) is 20.6. The molecule has 0 N–H and O–H groups in total. The molecule has 0 saturated carbocycles. The molecule has 0 saturated heterocycles. The van der Waals surface area contributed by atoms with E-state index in [2.05, 4.69) is 13.8 Å². The average molecular weight is 525 g/mol. The zero-order valence-corrected chi connectivity index (χ0v) is 23.7. The number of hydrogen-bond donors (Lipinski definition) is 0. The molecule has 0 radical (unpaired) electrons. The summed E-state index contributed by atoms with van der Waals surface area (Å²) in [6, 6.07) is 14.4. The van der Waals surface area contributed by atoms with Gasteiger partial charge in [0.05, 0.1) is 9.79 Å². The summed E-state index contributed by atoms with van der Waals surface area (Å²) in [6.07, 6.45) is 14.4. The number of benzene rings is 2. The van der Waals surface area contributed by atoms with Crippen molar-refractivity contribution in [3.05, 3.63) is 60.7 Å². The zero-order valence-electron chi connectivity index (χ0n) is 19.8. The summed E-state index contributed by atoms with van der Waals surface area (Å²) in [5.74, 6) is 0. The maximum absolute atomic E-state index is 10.3. The summed E-state index contributed by atoms with van der Waals surface area (Å²) < 4.78 is 61.7. The molecule has 0 atom stereocenters. The van der Waals surface area contributed by atoms with E-state index in [1.165, 1.54) is 113 Å². The van der Waals surface area contributed by atoms with Crippen molar-refractivity contribution in [1.29, 1.82) is 0 Å². The van der Waals surface area contributed by atoms with Gasteiger partial charge in [-0.15, -0.1) is 0 Å². The molecule has 0 aliphatic carbocycles. The van der Waals surface area contributed by atoms with Crippen LogP contribution in [-0.4, -0.2) is 63.7 Å². The minimum absolute atomic E-state index is 0. The van der Waals surface area contributed by atoms with Crippen LogP contribution in [0.3, 0.4) is 0 Å². The Morgan fingerprint density at radius 2 is 0.758 bits per heavy atom. The summed E-state index contributed by atoms with van der Waals surface area (Å²) in [4.78, 5) is -0.370. The summed E-state index contributed by atoms with van der Waals surface area (Å²) >= 11 is 0. The van der Waals surface area contributed by atoms with Crippen molar-refractivity contribution in [2.24, 2.45) is 0 Å². The summed E-state index contributed by atoms with van der Waals surface area (Å²) in [7, 11) is -8.51. The van der Waals surface area contributed by atoms with Crippen molar-refractivity contribution >= 4 is 58.0 Å². The number of rotatable bonds is 11. The minimum Gasteiger partial charge on any atom is -0.744 e. The van der Waals surface area contributed by atoms with Gasteiger partial charge < -0.3 is 9.11 Å². The van der Waals surface area contributed by atoms with E-state index in [-0.39, 0.29) is 47.5 Å². The van der Waals surface area contributed by atoms with E-state index in [4.69, 9.17) is 0 Å². The Morgan fingerprint density at radius 3 is 0.939 bits per heavy atom. The molecule has 2 rings (SSSR count). The van der Waals surface area contributed by atoms with Crippen molar-refractivity contribution in [3.63, 3.8) is 0 Å². The number of unbranched alkanes of at least 4 members (excludes halogenated alkanes) is 9. The Balaban J connectivity index is 0. The van der Waals surface area contributed by atoms with E-state index in [0.29, 0.717) is 0 Å². The van der Waals surface area contributed by atoms with Gasteiger partial charge in [0.2, 0.25) is 0 Å². The van der Waals surface area contributed by atoms with Crippen LogP contribution >= 0.6 is 0 Å². The second-order valence-electron chi connectivity index (χ2n) is 7.36. The first-order chi connectivity index (χ1) is 15.1. The fourth-order valence-electron chi connectivity index (χ4n) is 2.73. The second-order valence-corrected chi connectivity index (χ2v) is 10.1. The van der Waals surface area contributed by atoms with E-state index in [1.54, 1.807) is 12.1 Å². The van der Waals surface area contributed by atoms with E-state index in [9.17, 15) is 25.9 Å². The Hall–Kier alpha value is -0.480. The van der Waals surface area contributed by atoms with Crippen LogP contribution < -0.4 is 0 Å². The molecule has 2 aromatic carbocycles. The molecule has 0 amide bonds. The molecule has 0 aromatic heterocycles. The first-order valence-electron chi connectivity index (χ1n) is 11.1. The normalized spacial score (nSPS) is 10.7. The summed E-state index contributed by atoms with van der Waals surface area (Å²) in [6.45, 7) is 4.56. The summed E-state index contributed by atoms with van der Waals surface area (Å²) in [5.41, 5.74) is 0. The SMILES string of the molecule is CCCCCCCCCCCC.O=S(=O)([O-])c1ccccc1.O=S(=O)([O-])c1ccccc1.[Ca+2]. The van der Waals surface area contributed by atoms with Crippen LogP contribution in [0.5, 0.6) is 0 Å². The smallest absolute Gasteiger partial charge is 0.744 e. The molecule has 0 unspecified atom stereocenters. The van der Waals surface area contributed by atoms with Crippen molar-refractivity contribution in [3.8, 4) is 0 Å². The van der Waals surface area contributed by atoms with Crippen molar-refractivity contribution in [1.82, 2.24) is 0 Å². The molecule has 182 valence electrons. The predicted molar refractivity (Wildman–Crippen MR) is 132 cm³/mol. The molecular weight excluding hydrogens is 488 g/mol. The molecule has 0 heterocycles. The Morgan fingerprint density at radius 1 is 0.515 bits per heavy atom. The van der Waals surface area contributed by atoms with Crippen LogP contribution in [0.25, 0.3) is 0 Å². The molecule has 6 nitrogen and oxygen atoms in total. The molecular formula is C24H36CaO6S2. The molecule has 0 bridgehead atoms. The first kappa shape index (κ1) is 34.7. The van der Waals surface area contributed by atoms with Gasteiger partial charge in [-0.2, -0.15) is 0 Å². The Kier molecular flexibility index (Phi) is 21.9. The quantitative estimate of drug-likeness (QED) is 0.211. The van der Waals surface area contributed by atoms with Crippen LogP contribution in [0.4, 0.5) is 0 Å². The molecule has 2 aromatic rings. The monoisotopic (exact) mass is 524 g/mol. The van der Waals surface area contributed by atoms with Gasteiger partial charge in [0.1, 0.15) is 20.2 Å². The molecule has 0 aliphatic rings. The maximum atomic E-state index is 10.3. The van der Waals surface area contributed by atoms with Gasteiger partial charge in [-0.25, -0.2) is 16.8 Å². The third-order valence-electron chi connectivity index (χ3n) is 4.52. The fourth-order valence-corrected chi connectivity index (χ4v) is 3.72. The molecule has 0 aliphatic heterocycles. The van der Waals surface area contributed by atoms with Gasteiger partial charge in [0, 0.05) is 0 Å². The van der Waals surface area contributed by atoms with Crippen LogP contribution in [0.1, 0.15) is 78.1 Å². The minimum atomic E-state index is -4.25. The fraction of sp³-hybridized carbons (Fsp3) is 0.500. The first-order valence-corrected chi connectivity index (χ1v) is 14.0. The van der Waals surface area contributed by atoms with Gasteiger partial charge in [-0.3, -0.25) is 0 Å². The Labute approximate surface area is 230 Å². The van der Waals surface area contributed by atoms with Gasteiger partial charge >= 0.3 is 37.7 Å². The van der Waals surface area contributed by atoms with Crippen LogP contribution in [0.15, 0.2) is 70.5 Å². The predicted octanol–water partition coefficient (Wildman–Crippen LogP) is 5.73. The average Bonchev–Trinajstić information content (AvgIpc) is 2.77. The Bertz CT molecular complexity index is 825. The third-order valence-corrected chi connectivity index (χ3v) is 6.22. The van der Waals surface area contributed by atoms with Crippen LogP contribution in [0.2, 0.25) is 0 Å². The summed E-state index contributed by atoms with van der Waals surface area (Å²) in [5, 5.41) is 0. The molecule has 9 heteroatoms. The van der Waals surface area contributed by atoms with Gasteiger partial charge in [-0.1, -0.05) is 114 Å². The van der Waals surface area contributed by atoms with Gasteiger partial charge in [0.15, 0.2) is 0 Å². The van der Waals surface area contributed by atoms with Gasteiger partial charge in [-0.05, 0) is 24.3 Å². The van der Waals surface area contributed by atoms with E-state index in [0.717, 1.165) is 0 Å². The number of hydrogen-bond acceptors (Lipinski definition) is 6. The van der Waals surface area contributed by atoms with Gasteiger partial charge in [0.25, 0.3) is 0 Å². The van der Waals surface area contributed by atoms with E-state index >= 15 is 0 Å². The largest absolute Gasteiger partial charge is 2.00 e. The molecule has 33 heavy (non-hydrogen) atoms.